The van der Waals surface area contributed by atoms with Crippen LogP contribution in [0, 0.1) is 6.92 Å². The number of hydrogen-bond acceptors (Lipinski definition) is 6. The number of aromatic nitrogens is 4. The molecular formula is C10H12N6. The van der Waals surface area contributed by atoms with Gasteiger partial charge in [0.25, 0.3) is 0 Å². The average Bonchev–Trinajstić information content (AvgIpc) is 2.34. The maximum absolute atomic E-state index is 5.50. The number of hydrogen-bond donors (Lipinski definition) is 2. The lowest BCUT2D eigenvalue weighted by Gasteiger charge is -2.14. The number of nitrogens with two attached hydrogens (primary N) is 1. The number of nitrogens with one attached hydrogen (secondary N) is 1. The number of aryl methyl sites for hydroxylation is 1. The topological polar surface area (TPSA) is 89.6 Å². The Morgan fingerprint density at radius 1 is 1.12 bits per heavy atom. The molecule has 0 bridgehead atoms. The van der Waals surface area contributed by atoms with Crippen molar-refractivity contribution < 1.29 is 0 Å². The Morgan fingerprint density at radius 3 is 2.44 bits per heavy atom. The Labute approximate surface area is 93.0 Å². The molecule has 0 spiro atoms. The number of nitrogens with zero attached hydrogens (tertiary/aromatic N) is 4. The molecule has 0 saturated carbocycles. The molecule has 0 radical (unpaired) electrons. The molecule has 0 aliphatic carbocycles. The van der Waals surface area contributed by atoms with Crippen LogP contribution in [-0.2, 0) is 0 Å². The molecule has 6 heteroatoms. The minimum Gasteiger partial charge on any atom is -0.271 e. The first-order valence-corrected chi connectivity index (χ1v) is 4.81. The Morgan fingerprint density at radius 2 is 1.88 bits per heavy atom. The van der Waals surface area contributed by atoms with Crippen LogP contribution in [0.1, 0.15) is 23.0 Å². The van der Waals surface area contributed by atoms with E-state index in [0.29, 0.717) is 0 Å². The van der Waals surface area contributed by atoms with Gasteiger partial charge >= 0.3 is 0 Å². The third-order valence-corrected chi connectivity index (χ3v) is 2.18. The highest BCUT2D eigenvalue weighted by Crippen LogP contribution is 2.16. The molecule has 0 aliphatic rings. The van der Waals surface area contributed by atoms with E-state index in [1.807, 2.05) is 6.92 Å². The monoisotopic (exact) mass is 216 g/mol. The third kappa shape index (κ3) is 2.18. The zero-order valence-electron chi connectivity index (χ0n) is 8.83. The first-order valence-electron chi connectivity index (χ1n) is 4.81. The third-order valence-electron chi connectivity index (χ3n) is 2.18. The Kier molecular flexibility index (Phi) is 3.13. The normalized spacial score (nSPS) is 12.4. The van der Waals surface area contributed by atoms with Crippen molar-refractivity contribution in [1.29, 1.82) is 0 Å². The summed E-state index contributed by atoms with van der Waals surface area (Å²) in [6.45, 7) is 1.88. The smallest absolute Gasteiger partial charge is 0.115 e. The molecule has 82 valence electrons. The van der Waals surface area contributed by atoms with E-state index < -0.39 is 0 Å². The summed E-state index contributed by atoms with van der Waals surface area (Å²) in [6, 6.07) is -0.241. The van der Waals surface area contributed by atoms with E-state index in [0.717, 1.165) is 17.0 Å². The van der Waals surface area contributed by atoms with Gasteiger partial charge < -0.3 is 0 Å². The van der Waals surface area contributed by atoms with Crippen molar-refractivity contribution in [3.05, 3.63) is 48.1 Å². The summed E-state index contributed by atoms with van der Waals surface area (Å²) in [5.41, 5.74) is 5.13. The number of rotatable bonds is 3. The van der Waals surface area contributed by atoms with Gasteiger partial charge in [-0.15, -0.1) is 0 Å². The summed E-state index contributed by atoms with van der Waals surface area (Å²) in [5, 5.41) is 0. The largest absolute Gasteiger partial charge is 0.271 e. The van der Waals surface area contributed by atoms with Gasteiger partial charge in [0, 0.05) is 24.2 Å². The van der Waals surface area contributed by atoms with Crippen LogP contribution in [0.15, 0.2) is 31.1 Å². The van der Waals surface area contributed by atoms with Crippen molar-refractivity contribution >= 4 is 0 Å². The van der Waals surface area contributed by atoms with Crippen LogP contribution in [0.4, 0.5) is 0 Å². The predicted octanol–water partition coefficient (Wildman–Crippen LogP) is 0.128. The summed E-state index contributed by atoms with van der Waals surface area (Å²) < 4.78 is 0. The van der Waals surface area contributed by atoms with Gasteiger partial charge in [0.2, 0.25) is 0 Å². The Hall–Kier alpha value is -1.92. The van der Waals surface area contributed by atoms with Gasteiger partial charge in [-0.05, 0) is 6.92 Å². The van der Waals surface area contributed by atoms with E-state index in [-0.39, 0.29) is 6.04 Å². The van der Waals surface area contributed by atoms with Crippen molar-refractivity contribution in [2.75, 3.05) is 0 Å². The van der Waals surface area contributed by atoms with E-state index in [1.54, 1.807) is 24.8 Å². The van der Waals surface area contributed by atoms with Crippen LogP contribution in [0.3, 0.4) is 0 Å². The molecule has 6 nitrogen and oxygen atoms in total. The van der Waals surface area contributed by atoms with Crippen LogP contribution in [0.5, 0.6) is 0 Å². The van der Waals surface area contributed by atoms with E-state index >= 15 is 0 Å². The van der Waals surface area contributed by atoms with Crippen molar-refractivity contribution in [3.8, 4) is 0 Å². The summed E-state index contributed by atoms with van der Waals surface area (Å²) in [4.78, 5) is 16.3. The standard InChI is InChI=1S/C10H12N6/c1-7-2-15-9(5-14-7)10(16-11)8-3-12-6-13-4-8/h2-6,10,16H,11H2,1H3. The molecule has 16 heavy (non-hydrogen) atoms. The van der Waals surface area contributed by atoms with Crippen molar-refractivity contribution in [2.24, 2.45) is 5.84 Å². The summed E-state index contributed by atoms with van der Waals surface area (Å²) in [5.74, 6) is 5.50. The van der Waals surface area contributed by atoms with Crippen LogP contribution < -0.4 is 11.3 Å². The van der Waals surface area contributed by atoms with Gasteiger partial charge in [-0.25, -0.2) is 15.4 Å². The van der Waals surface area contributed by atoms with E-state index in [4.69, 9.17) is 5.84 Å². The van der Waals surface area contributed by atoms with Gasteiger partial charge in [-0.1, -0.05) is 0 Å². The van der Waals surface area contributed by atoms with Crippen molar-refractivity contribution in [2.45, 2.75) is 13.0 Å². The highest BCUT2D eigenvalue weighted by atomic mass is 15.2. The molecule has 2 rings (SSSR count). The van der Waals surface area contributed by atoms with Gasteiger partial charge in [-0.3, -0.25) is 15.8 Å². The molecule has 2 aromatic heterocycles. The molecular weight excluding hydrogens is 204 g/mol. The van der Waals surface area contributed by atoms with Crippen molar-refractivity contribution in [1.82, 2.24) is 25.4 Å². The SMILES string of the molecule is Cc1cnc(C(NN)c2cncnc2)cn1. The van der Waals surface area contributed by atoms with E-state index in [1.165, 1.54) is 6.33 Å². The zero-order valence-corrected chi connectivity index (χ0v) is 8.83. The van der Waals surface area contributed by atoms with Gasteiger partial charge in [0.05, 0.1) is 23.6 Å². The van der Waals surface area contributed by atoms with Crippen LogP contribution in [0.2, 0.25) is 0 Å². The van der Waals surface area contributed by atoms with E-state index in [9.17, 15) is 0 Å². The first-order chi connectivity index (χ1) is 7.81. The number of hydrazine groups is 1. The fraction of sp³-hybridized carbons (Fsp3) is 0.200. The average molecular weight is 216 g/mol. The molecule has 0 aromatic carbocycles. The lowest BCUT2D eigenvalue weighted by Crippen LogP contribution is -2.29. The molecule has 0 amide bonds. The Balaban J connectivity index is 2.33. The van der Waals surface area contributed by atoms with Crippen LogP contribution >= 0.6 is 0 Å². The summed E-state index contributed by atoms with van der Waals surface area (Å²) in [6.07, 6.45) is 8.24. The molecule has 0 fully saturated rings. The zero-order chi connectivity index (χ0) is 11.4. The van der Waals surface area contributed by atoms with Gasteiger partial charge in [-0.2, -0.15) is 0 Å². The predicted molar refractivity (Wildman–Crippen MR) is 58.0 cm³/mol. The second-order valence-corrected chi connectivity index (χ2v) is 3.35. The fourth-order valence-electron chi connectivity index (χ4n) is 1.36. The summed E-state index contributed by atoms with van der Waals surface area (Å²) >= 11 is 0. The molecule has 2 aromatic rings. The highest BCUT2D eigenvalue weighted by molar-refractivity contribution is 5.21. The maximum Gasteiger partial charge on any atom is 0.115 e. The minimum absolute atomic E-state index is 0.241. The molecule has 2 heterocycles. The van der Waals surface area contributed by atoms with Crippen molar-refractivity contribution in [3.63, 3.8) is 0 Å². The minimum atomic E-state index is -0.241. The van der Waals surface area contributed by atoms with Gasteiger partial charge in [0.1, 0.15) is 6.33 Å². The Bertz CT molecular complexity index is 441. The molecule has 0 aliphatic heterocycles. The lowest BCUT2D eigenvalue weighted by molar-refractivity contribution is 0.612. The second kappa shape index (κ2) is 4.73. The fourth-order valence-corrected chi connectivity index (χ4v) is 1.36. The molecule has 3 N–H and O–H groups in total. The molecule has 1 atom stereocenters. The van der Waals surface area contributed by atoms with E-state index in [2.05, 4.69) is 25.4 Å². The lowest BCUT2D eigenvalue weighted by atomic mass is 10.1. The second-order valence-electron chi connectivity index (χ2n) is 3.35. The highest BCUT2D eigenvalue weighted by Gasteiger charge is 2.14. The first kappa shape index (κ1) is 10.6. The molecule has 0 saturated heterocycles. The quantitative estimate of drug-likeness (QED) is 0.560. The van der Waals surface area contributed by atoms with Gasteiger partial charge in [0.15, 0.2) is 0 Å². The van der Waals surface area contributed by atoms with Crippen LogP contribution in [0.25, 0.3) is 0 Å². The maximum atomic E-state index is 5.50. The molecule has 1 unspecified atom stereocenters. The summed E-state index contributed by atoms with van der Waals surface area (Å²) in [7, 11) is 0. The van der Waals surface area contributed by atoms with Crippen LogP contribution in [-0.4, -0.2) is 19.9 Å².